The highest BCUT2D eigenvalue weighted by Gasteiger charge is 2.26. The zero-order valence-electron chi connectivity index (χ0n) is 18.1. The van der Waals surface area contributed by atoms with Crippen LogP contribution in [0.4, 0.5) is 4.79 Å². The average Bonchev–Trinajstić information content (AvgIpc) is 2.77. The number of nitrogens with one attached hydrogen (secondary N) is 1. The minimum absolute atomic E-state index is 0.00718. The number of nitrogens with zero attached hydrogens (tertiary/aromatic N) is 3. The first kappa shape index (κ1) is 22.9. The first-order valence-electron chi connectivity index (χ1n) is 10.4. The maximum absolute atomic E-state index is 12.7. The first-order valence-corrected chi connectivity index (χ1v) is 11.3. The summed E-state index contributed by atoms with van der Waals surface area (Å²) in [5, 5.41) is 0.671. The maximum atomic E-state index is 12.7. The number of H-pyrrole nitrogens is 1. The van der Waals surface area contributed by atoms with E-state index in [-0.39, 0.29) is 29.2 Å². The van der Waals surface area contributed by atoms with Crippen molar-refractivity contribution in [2.45, 2.75) is 37.6 Å². The van der Waals surface area contributed by atoms with E-state index in [4.69, 9.17) is 4.74 Å². The summed E-state index contributed by atoms with van der Waals surface area (Å²) in [4.78, 5) is 47.8. The van der Waals surface area contributed by atoms with Gasteiger partial charge in [0.1, 0.15) is 0 Å². The van der Waals surface area contributed by atoms with Crippen LogP contribution in [0.5, 0.6) is 0 Å². The zero-order chi connectivity index (χ0) is 22.4. The number of carbonyl (C=O) groups excluding carboxylic acids is 2. The van der Waals surface area contributed by atoms with Crippen molar-refractivity contribution in [1.29, 1.82) is 0 Å². The highest BCUT2D eigenvalue weighted by Crippen LogP contribution is 2.32. The number of ether oxygens (including phenoxy) is 1. The van der Waals surface area contributed by atoms with E-state index in [2.05, 4.69) is 16.9 Å². The Morgan fingerprint density at radius 3 is 2.42 bits per heavy atom. The number of aromatic amines is 1. The molecule has 0 aliphatic carbocycles. The molecule has 1 aromatic carbocycles. The Hall–Kier alpha value is -2.81. The Kier molecular flexibility index (Phi) is 7.73. The number of benzene rings is 1. The van der Waals surface area contributed by atoms with Gasteiger partial charge >= 0.3 is 6.09 Å². The van der Waals surface area contributed by atoms with E-state index in [1.54, 1.807) is 23.6 Å². The van der Waals surface area contributed by atoms with Crippen molar-refractivity contribution in [3.05, 3.63) is 57.5 Å². The fourth-order valence-electron chi connectivity index (χ4n) is 3.42. The molecule has 1 unspecified atom stereocenters. The molecule has 1 N–H and O–H groups in total. The summed E-state index contributed by atoms with van der Waals surface area (Å²) in [6.45, 7) is 7.59. The fourth-order valence-corrected chi connectivity index (χ4v) is 4.39. The minimum Gasteiger partial charge on any atom is -0.450 e. The van der Waals surface area contributed by atoms with Crippen molar-refractivity contribution in [1.82, 2.24) is 19.8 Å². The van der Waals surface area contributed by atoms with E-state index < -0.39 is 0 Å². The van der Waals surface area contributed by atoms with Gasteiger partial charge in [0, 0.05) is 42.7 Å². The van der Waals surface area contributed by atoms with Gasteiger partial charge in [0.05, 0.1) is 13.0 Å². The third-order valence-electron chi connectivity index (χ3n) is 5.24. The van der Waals surface area contributed by atoms with Crippen LogP contribution >= 0.6 is 11.8 Å². The summed E-state index contributed by atoms with van der Waals surface area (Å²) in [6.07, 6.45) is -0.365. The number of amides is 2. The van der Waals surface area contributed by atoms with Gasteiger partial charge in [-0.3, -0.25) is 9.59 Å². The molecule has 1 atom stereocenters. The fraction of sp³-hybridized carbons (Fsp3) is 0.455. The number of piperazine rings is 1. The Balaban J connectivity index is 1.61. The largest absolute Gasteiger partial charge is 0.450 e. The molecule has 0 radical (unpaired) electrons. The smallest absolute Gasteiger partial charge is 0.409 e. The maximum Gasteiger partial charge on any atom is 0.409 e. The molecule has 1 saturated heterocycles. The quantitative estimate of drug-likeness (QED) is 0.544. The molecule has 2 aromatic rings. The monoisotopic (exact) mass is 444 g/mol. The number of hydrogen-bond acceptors (Lipinski definition) is 6. The van der Waals surface area contributed by atoms with Crippen LogP contribution in [-0.4, -0.2) is 64.6 Å². The lowest BCUT2D eigenvalue weighted by Gasteiger charge is -2.34. The molecule has 2 amide bonds. The van der Waals surface area contributed by atoms with Crippen molar-refractivity contribution in [2.24, 2.45) is 0 Å². The molecule has 2 heterocycles. The number of aryl methyl sites for hydroxylation is 1. The normalized spacial score (nSPS) is 14.9. The predicted octanol–water partition coefficient (Wildman–Crippen LogP) is 2.77. The van der Waals surface area contributed by atoms with Crippen molar-refractivity contribution >= 4 is 23.8 Å². The lowest BCUT2D eigenvalue weighted by Crippen LogP contribution is -2.51. The van der Waals surface area contributed by atoms with Gasteiger partial charge in [-0.05, 0) is 26.3 Å². The van der Waals surface area contributed by atoms with Crippen molar-refractivity contribution in [2.75, 3.05) is 32.8 Å². The molecule has 166 valence electrons. The molecule has 1 aliphatic heterocycles. The van der Waals surface area contributed by atoms with Gasteiger partial charge in [-0.25, -0.2) is 9.78 Å². The lowest BCUT2D eigenvalue weighted by atomic mass is 10.1. The van der Waals surface area contributed by atoms with Crippen LogP contribution in [0.2, 0.25) is 0 Å². The van der Waals surface area contributed by atoms with Crippen molar-refractivity contribution in [3.8, 4) is 0 Å². The van der Waals surface area contributed by atoms with E-state index in [1.165, 1.54) is 11.8 Å². The molecule has 0 saturated carbocycles. The van der Waals surface area contributed by atoms with Crippen LogP contribution in [0.3, 0.4) is 0 Å². The lowest BCUT2D eigenvalue weighted by molar-refractivity contribution is -0.132. The molecule has 1 fully saturated rings. The molecule has 1 aliphatic rings. The van der Waals surface area contributed by atoms with E-state index in [9.17, 15) is 14.4 Å². The van der Waals surface area contributed by atoms with Crippen LogP contribution in [0, 0.1) is 6.92 Å². The van der Waals surface area contributed by atoms with Gasteiger partial charge in [0.15, 0.2) is 5.16 Å². The molecular weight excluding hydrogens is 416 g/mol. The van der Waals surface area contributed by atoms with Crippen LogP contribution in [0.1, 0.15) is 35.9 Å². The highest BCUT2D eigenvalue weighted by molar-refractivity contribution is 7.99. The van der Waals surface area contributed by atoms with Gasteiger partial charge < -0.3 is 19.5 Å². The van der Waals surface area contributed by atoms with Crippen LogP contribution in [-0.2, 0) is 16.0 Å². The number of hydrogen-bond donors (Lipinski definition) is 1. The van der Waals surface area contributed by atoms with Gasteiger partial charge in [0.25, 0.3) is 5.56 Å². The van der Waals surface area contributed by atoms with E-state index in [0.29, 0.717) is 49.2 Å². The Bertz CT molecular complexity index is 971. The summed E-state index contributed by atoms with van der Waals surface area (Å²) in [5.41, 5.74) is 1.81. The predicted molar refractivity (Wildman–Crippen MR) is 119 cm³/mol. The highest BCUT2D eigenvalue weighted by atomic mass is 32.2. The van der Waals surface area contributed by atoms with E-state index in [0.717, 1.165) is 5.56 Å². The molecular formula is C22H28N4O4S. The molecule has 0 bridgehead atoms. The zero-order valence-corrected chi connectivity index (χ0v) is 18.9. The number of thioether (sulfide) groups is 1. The molecule has 0 spiro atoms. The van der Waals surface area contributed by atoms with E-state index >= 15 is 0 Å². The second kappa shape index (κ2) is 10.5. The average molecular weight is 445 g/mol. The number of carbonyl (C=O) groups is 2. The Labute approximate surface area is 186 Å². The number of aromatic nitrogens is 2. The SMILES string of the molecule is CCOC(=O)N1CCN(C(=O)Cc2c(C)nc(SC(C)c3ccccc3)[nH]c2=O)CC1. The standard InChI is InChI=1S/C22H28N4O4S/c1-4-30-22(29)26-12-10-25(11-13-26)19(27)14-18-15(2)23-21(24-20(18)28)31-16(3)17-8-6-5-7-9-17/h5-9,16H,4,10-14H2,1-3H3,(H,23,24,28). The molecule has 8 nitrogen and oxygen atoms in total. The van der Waals surface area contributed by atoms with Gasteiger partial charge in [-0.2, -0.15) is 0 Å². The molecule has 1 aromatic heterocycles. The summed E-state index contributed by atoms with van der Waals surface area (Å²) >= 11 is 1.48. The van der Waals surface area contributed by atoms with Gasteiger partial charge in [-0.15, -0.1) is 0 Å². The van der Waals surface area contributed by atoms with E-state index in [1.807, 2.05) is 30.3 Å². The summed E-state index contributed by atoms with van der Waals surface area (Å²) in [5.74, 6) is -0.142. The summed E-state index contributed by atoms with van der Waals surface area (Å²) in [7, 11) is 0. The van der Waals surface area contributed by atoms with Gasteiger partial charge in [-0.1, -0.05) is 42.1 Å². The molecule has 9 heteroatoms. The third-order valence-corrected chi connectivity index (χ3v) is 6.29. The molecule has 3 rings (SSSR count). The second-order valence-electron chi connectivity index (χ2n) is 7.35. The van der Waals surface area contributed by atoms with Gasteiger partial charge in [0.2, 0.25) is 5.91 Å². The third kappa shape index (κ3) is 5.88. The van der Waals surface area contributed by atoms with Crippen LogP contribution in [0.25, 0.3) is 0 Å². The van der Waals surface area contributed by atoms with Crippen molar-refractivity contribution < 1.29 is 14.3 Å². The van der Waals surface area contributed by atoms with Crippen LogP contribution in [0.15, 0.2) is 40.3 Å². The first-order chi connectivity index (χ1) is 14.9. The summed E-state index contributed by atoms with van der Waals surface area (Å²) in [6, 6.07) is 10.0. The summed E-state index contributed by atoms with van der Waals surface area (Å²) < 4.78 is 5.00. The topological polar surface area (TPSA) is 95.6 Å². The molecule has 31 heavy (non-hydrogen) atoms. The van der Waals surface area contributed by atoms with Crippen molar-refractivity contribution in [3.63, 3.8) is 0 Å². The van der Waals surface area contributed by atoms with Crippen LogP contribution < -0.4 is 5.56 Å². The Morgan fingerprint density at radius 2 is 1.81 bits per heavy atom. The minimum atomic E-state index is -0.357. The number of rotatable bonds is 6. The Morgan fingerprint density at radius 1 is 1.16 bits per heavy atom. The second-order valence-corrected chi connectivity index (χ2v) is 8.68.